The number of aryl methyl sites for hydroxylation is 1. The summed E-state index contributed by atoms with van der Waals surface area (Å²) in [5, 5.41) is 11.9. The normalized spacial score (nSPS) is 16.4. The van der Waals surface area contributed by atoms with Gasteiger partial charge in [0.15, 0.2) is 0 Å². The lowest BCUT2D eigenvalue weighted by Crippen LogP contribution is -2.40. The molecule has 0 fully saturated rings. The Morgan fingerprint density at radius 3 is 2.96 bits per heavy atom. The number of nitrogens with one attached hydrogen (secondary N) is 2. The van der Waals surface area contributed by atoms with Crippen LogP contribution in [0.15, 0.2) is 53.3 Å². The molecule has 2 aromatic carbocycles. The van der Waals surface area contributed by atoms with Gasteiger partial charge in [-0.1, -0.05) is 42.5 Å². The highest BCUT2D eigenvalue weighted by Gasteiger charge is 2.21. The molecule has 1 aliphatic carbocycles. The summed E-state index contributed by atoms with van der Waals surface area (Å²) in [6.45, 7) is 0. The summed E-state index contributed by atoms with van der Waals surface area (Å²) in [4.78, 5) is 23.9. The number of carbonyl (C=O) groups is 1. The third-order valence-electron chi connectivity index (χ3n) is 4.77. The Balaban J connectivity index is 1.47. The van der Waals surface area contributed by atoms with E-state index >= 15 is 0 Å². The number of nitrogens with zero attached hydrogens (tertiary/aromatic N) is 1. The van der Waals surface area contributed by atoms with Crippen molar-refractivity contribution < 1.29 is 4.79 Å². The van der Waals surface area contributed by atoms with Crippen LogP contribution in [0.5, 0.6) is 0 Å². The minimum Gasteiger partial charge on any atom is -0.353 e. The fraction of sp³-hybridized carbons (Fsp3) is 0.250. The molecule has 1 aliphatic rings. The van der Waals surface area contributed by atoms with Crippen molar-refractivity contribution >= 4 is 16.7 Å². The Bertz CT molecular complexity index is 988. The summed E-state index contributed by atoms with van der Waals surface area (Å²) in [6.07, 6.45) is 2.63. The van der Waals surface area contributed by atoms with Crippen molar-refractivity contribution in [2.24, 2.45) is 0 Å². The van der Waals surface area contributed by atoms with Gasteiger partial charge in [-0.2, -0.15) is 5.10 Å². The van der Waals surface area contributed by atoms with E-state index in [1.807, 2.05) is 30.3 Å². The van der Waals surface area contributed by atoms with Crippen molar-refractivity contribution in [3.05, 3.63) is 75.7 Å². The average molecular weight is 333 g/mol. The average Bonchev–Trinajstić information content (AvgIpc) is 2.61. The number of amides is 1. The second-order valence-corrected chi connectivity index (χ2v) is 6.53. The molecule has 0 saturated carbocycles. The number of benzene rings is 2. The zero-order chi connectivity index (χ0) is 17.2. The van der Waals surface area contributed by atoms with Gasteiger partial charge in [0.1, 0.15) is 0 Å². The quantitative estimate of drug-likeness (QED) is 0.771. The zero-order valence-electron chi connectivity index (χ0n) is 13.8. The predicted octanol–water partition coefficient (Wildman–Crippen LogP) is 2.14. The van der Waals surface area contributed by atoms with Crippen LogP contribution in [0.3, 0.4) is 0 Å². The van der Waals surface area contributed by atoms with E-state index in [0.29, 0.717) is 12.8 Å². The number of fused-ring (bicyclic) bond motifs is 2. The van der Waals surface area contributed by atoms with Gasteiger partial charge in [0.25, 0.3) is 5.56 Å². The van der Waals surface area contributed by atoms with Gasteiger partial charge in [-0.15, -0.1) is 0 Å². The van der Waals surface area contributed by atoms with Crippen molar-refractivity contribution in [3.63, 3.8) is 0 Å². The molecular weight excluding hydrogens is 314 g/mol. The van der Waals surface area contributed by atoms with E-state index in [2.05, 4.69) is 27.6 Å². The van der Waals surface area contributed by atoms with Crippen LogP contribution in [-0.4, -0.2) is 22.1 Å². The molecule has 1 unspecified atom stereocenters. The SMILES string of the molecule is O=C(Cc1cccc2ccccc12)NC1CCc2n[nH]c(=O)cc2C1. The minimum atomic E-state index is -0.193. The van der Waals surface area contributed by atoms with Crippen LogP contribution in [0.4, 0.5) is 0 Å². The topological polar surface area (TPSA) is 74.8 Å². The van der Waals surface area contributed by atoms with Crippen molar-refractivity contribution in [1.82, 2.24) is 15.5 Å². The van der Waals surface area contributed by atoms with Crippen LogP contribution >= 0.6 is 0 Å². The molecule has 2 N–H and O–H groups in total. The molecule has 0 aliphatic heterocycles. The zero-order valence-corrected chi connectivity index (χ0v) is 13.8. The number of carbonyl (C=O) groups excluding carboxylic acids is 1. The number of hydrogen-bond acceptors (Lipinski definition) is 3. The number of rotatable bonds is 3. The maximum Gasteiger partial charge on any atom is 0.264 e. The molecule has 4 rings (SSSR count). The fourth-order valence-electron chi connectivity index (χ4n) is 3.56. The molecule has 25 heavy (non-hydrogen) atoms. The maximum atomic E-state index is 12.5. The number of aromatic amines is 1. The number of aromatic nitrogens is 2. The number of H-pyrrole nitrogens is 1. The molecule has 126 valence electrons. The Kier molecular flexibility index (Phi) is 4.06. The Hall–Kier alpha value is -2.95. The van der Waals surface area contributed by atoms with E-state index in [1.54, 1.807) is 6.07 Å². The van der Waals surface area contributed by atoms with E-state index in [1.165, 1.54) is 0 Å². The second-order valence-electron chi connectivity index (χ2n) is 6.53. The highest BCUT2D eigenvalue weighted by Crippen LogP contribution is 2.20. The molecule has 3 aromatic rings. The van der Waals surface area contributed by atoms with E-state index in [4.69, 9.17) is 0 Å². The molecule has 0 radical (unpaired) electrons. The van der Waals surface area contributed by atoms with Crippen LogP contribution in [-0.2, 0) is 24.1 Å². The van der Waals surface area contributed by atoms with Crippen molar-refractivity contribution in [2.75, 3.05) is 0 Å². The minimum absolute atomic E-state index is 0.0163. The van der Waals surface area contributed by atoms with Gasteiger partial charge in [0.2, 0.25) is 5.91 Å². The first-order valence-corrected chi connectivity index (χ1v) is 8.52. The smallest absolute Gasteiger partial charge is 0.264 e. The van der Waals surface area contributed by atoms with Gasteiger partial charge in [-0.25, -0.2) is 5.10 Å². The molecule has 1 atom stereocenters. The predicted molar refractivity (Wildman–Crippen MR) is 96.5 cm³/mol. The monoisotopic (exact) mass is 333 g/mol. The summed E-state index contributed by atoms with van der Waals surface area (Å²) >= 11 is 0. The van der Waals surface area contributed by atoms with Gasteiger partial charge in [-0.3, -0.25) is 9.59 Å². The third kappa shape index (κ3) is 3.31. The molecule has 1 amide bonds. The largest absolute Gasteiger partial charge is 0.353 e. The standard InChI is InChI=1S/C20H19N3O2/c24-19(11-14-6-3-5-13-4-1-2-7-17(13)14)21-16-8-9-18-15(10-16)12-20(25)23-22-18/h1-7,12,16H,8-11H2,(H,21,24)(H,23,25). The second kappa shape index (κ2) is 6.51. The van der Waals surface area contributed by atoms with Gasteiger partial charge < -0.3 is 5.32 Å². The van der Waals surface area contributed by atoms with Crippen LogP contribution in [0.25, 0.3) is 10.8 Å². The summed E-state index contributed by atoms with van der Waals surface area (Å²) in [7, 11) is 0. The maximum absolute atomic E-state index is 12.5. The van der Waals surface area contributed by atoms with Crippen molar-refractivity contribution in [1.29, 1.82) is 0 Å². The summed E-state index contributed by atoms with van der Waals surface area (Å²) < 4.78 is 0. The first-order valence-electron chi connectivity index (χ1n) is 8.52. The van der Waals surface area contributed by atoms with Crippen LogP contribution in [0.2, 0.25) is 0 Å². The van der Waals surface area contributed by atoms with E-state index in [9.17, 15) is 9.59 Å². The van der Waals surface area contributed by atoms with E-state index in [0.717, 1.165) is 40.4 Å². The Morgan fingerprint density at radius 2 is 2.04 bits per heavy atom. The molecule has 1 aromatic heterocycles. The van der Waals surface area contributed by atoms with Crippen LogP contribution in [0, 0.1) is 0 Å². The van der Waals surface area contributed by atoms with E-state index in [-0.39, 0.29) is 17.5 Å². The summed E-state index contributed by atoms with van der Waals surface area (Å²) in [5.74, 6) is 0.0163. The Labute approximate surface area is 145 Å². The first-order chi connectivity index (χ1) is 12.2. The van der Waals surface area contributed by atoms with Crippen molar-refractivity contribution in [3.8, 4) is 0 Å². The summed E-state index contributed by atoms with van der Waals surface area (Å²) in [6, 6.07) is 15.8. The molecule has 0 spiro atoms. The first kappa shape index (κ1) is 15.6. The molecule has 1 heterocycles. The van der Waals surface area contributed by atoms with Crippen molar-refractivity contribution in [2.45, 2.75) is 31.7 Å². The van der Waals surface area contributed by atoms with E-state index < -0.39 is 0 Å². The summed E-state index contributed by atoms with van der Waals surface area (Å²) in [5.41, 5.74) is 2.70. The molecule has 5 heteroatoms. The lowest BCUT2D eigenvalue weighted by Gasteiger charge is -2.24. The van der Waals surface area contributed by atoms with Gasteiger partial charge in [0.05, 0.1) is 12.1 Å². The molecule has 5 nitrogen and oxygen atoms in total. The van der Waals surface area contributed by atoms with Gasteiger partial charge in [0, 0.05) is 12.1 Å². The molecule has 0 bridgehead atoms. The van der Waals surface area contributed by atoms with Gasteiger partial charge >= 0.3 is 0 Å². The van der Waals surface area contributed by atoms with Crippen LogP contribution < -0.4 is 10.9 Å². The lowest BCUT2D eigenvalue weighted by molar-refractivity contribution is -0.121. The Morgan fingerprint density at radius 1 is 1.20 bits per heavy atom. The number of hydrogen-bond donors (Lipinski definition) is 2. The third-order valence-corrected chi connectivity index (χ3v) is 4.77. The highest BCUT2D eigenvalue weighted by atomic mass is 16.1. The molecule has 0 saturated heterocycles. The molecular formula is C20H19N3O2. The van der Waals surface area contributed by atoms with Crippen LogP contribution in [0.1, 0.15) is 23.2 Å². The van der Waals surface area contributed by atoms with Gasteiger partial charge in [-0.05, 0) is 41.2 Å². The fourth-order valence-corrected chi connectivity index (χ4v) is 3.56. The lowest BCUT2D eigenvalue weighted by atomic mass is 9.92. The highest BCUT2D eigenvalue weighted by molar-refractivity contribution is 5.90.